The zero-order valence-electron chi connectivity index (χ0n) is 19.8. The van der Waals surface area contributed by atoms with Crippen molar-refractivity contribution in [1.82, 2.24) is 14.5 Å². The smallest absolute Gasteiger partial charge is 0.261 e. The summed E-state index contributed by atoms with van der Waals surface area (Å²) in [7, 11) is 4.61. The van der Waals surface area contributed by atoms with Gasteiger partial charge in [0.1, 0.15) is 16.8 Å². The van der Waals surface area contributed by atoms with Crippen molar-refractivity contribution in [2.45, 2.75) is 13.8 Å². The predicted molar refractivity (Wildman–Crippen MR) is 128 cm³/mol. The Bertz CT molecular complexity index is 1520. The molecule has 0 bridgehead atoms. The Labute approximate surface area is 200 Å². The minimum absolute atomic E-state index is 0.0720. The molecular weight excluding hydrogens is 455 g/mol. The Morgan fingerprint density at radius 2 is 1.80 bits per heavy atom. The highest BCUT2D eigenvalue weighted by atomic mass is 19.1. The van der Waals surface area contributed by atoms with Crippen molar-refractivity contribution in [3.8, 4) is 23.0 Å². The van der Waals surface area contributed by atoms with E-state index < -0.39 is 17.2 Å². The Kier molecular flexibility index (Phi) is 6.37. The van der Waals surface area contributed by atoms with Gasteiger partial charge in [0, 0.05) is 42.8 Å². The average Bonchev–Trinajstić information content (AvgIpc) is 2.84. The van der Waals surface area contributed by atoms with Crippen molar-refractivity contribution in [3.05, 3.63) is 75.7 Å². The molecule has 0 saturated heterocycles. The molecule has 4 rings (SSSR count). The molecule has 180 valence electrons. The highest BCUT2D eigenvalue weighted by Gasteiger charge is 2.22. The number of nitrogens with zero attached hydrogens (tertiary/aromatic N) is 3. The van der Waals surface area contributed by atoms with Crippen molar-refractivity contribution in [3.63, 3.8) is 0 Å². The number of rotatable bonds is 6. The molecule has 0 unspecified atom stereocenters. The van der Waals surface area contributed by atoms with Crippen LogP contribution < -0.4 is 25.0 Å². The van der Waals surface area contributed by atoms with Gasteiger partial charge >= 0.3 is 0 Å². The molecule has 0 fully saturated rings. The van der Waals surface area contributed by atoms with Crippen molar-refractivity contribution >= 4 is 22.6 Å². The third kappa shape index (κ3) is 4.37. The number of amides is 1. The van der Waals surface area contributed by atoms with Crippen LogP contribution in [-0.2, 0) is 7.05 Å². The molecule has 0 radical (unpaired) electrons. The predicted octanol–water partition coefficient (Wildman–Crippen LogP) is 4.15. The normalized spacial score (nSPS) is 10.8. The van der Waals surface area contributed by atoms with E-state index in [2.05, 4.69) is 15.3 Å². The van der Waals surface area contributed by atoms with Crippen LogP contribution in [0.15, 0.2) is 47.5 Å². The summed E-state index contributed by atoms with van der Waals surface area (Å²) in [6.45, 7) is 3.38. The molecule has 0 saturated carbocycles. The first kappa shape index (κ1) is 23.7. The van der Waals surface area contributed by atoms with E-state index in [0.29, 0.717) is 33.9 Å². The van der Waals surface area contributed by atoms with Crippen LogP contribution in [0.2, 0.25) is 0 Å². The van der Waals surface area contributed by atoms with Gasteiger partial charge in [0.15, 0.2) is 23.1 Å². The van der Waals surface area contributed by atoms with Gasteiger partial charge in [-0.15, -0.1) is 0 Å². The summed E-state index contributed by atoms with van der Waals surface area (Å²) in [6, 6.07) is 7.22. The molecule has 10 heteroatoms. The number of hydrogen-bond donors (Lipinski definition) is 1. The van der Waals surface area contributed by atoms with Crippen molar-refractivity contribution in [1.29, 1.82) is 0 Å². The molecule has 1 amide bonds. The van der Waals surface area contributed by atoms with Gasteiger partial charge < -0.3 is 24.1 Å². The second-order valence-electron chi connectivity index (χ2n) is 7.72. The third-order valence-electron chi connectivity index (χ3n) is 5.72. The number of ether oxygens (including phenoxy) is 3. The third-order valence-corrected chi connectivity index (χ3v) is 5.72. The van der Waals surface area contributed by atoms with Gasteiger partial charge in [-0.2, -0.15) is 0 Å². The molecule has 3 aromatic heterocycles. The molecule has 0 aliphatic rings. The van der Waals surface area contributed by atoms with E-state index in [1.807, 2.05) is 0 Å². The monoisotopic (exact) mass is 478 g/mol. The minimum atomic E-state index is -0.715. The molecular formula is C25H23FN4O5. The molecule has 0 aliphatic carbocycles. The largest absolute Gasteiger partial charge is 0.495 e. The Morgan fingerprint density at radius 3 is 2.49 bits per heavy atom. The van der Waals surface area contributed by atoms with E-state index in [1.54, 1.807) is 37.6 Å². The molecule has 4 aromatic rings. The lowest BCUT2D eigenvalue weighted by atomic mass is 10.1. The fourth-order valence-corrected chi connectivity index (χ4v) is 3.68. The number of aromatic nitrogens is 3. The summed E-state index contributed by atoms with van der Waals surface area (Å²) in [6.07, 6.45) is 3.03. The fraction of sp³-hybridized carbons (Fsp3) is 0.200. The van der Waals surface area contributed by atoms with E-state index >= 15 is 0 Å². The molecule has 1 aromatic carbocycles. The summed E-state index contributed by atoms with van der Waals surface area (Å²) >= 11 is 0. The molecule has 0 spiro atoms. The van der Waals surface area contributed by atoms with Crippen LogP contribution >= 0.6 is 0 Å². The summed E-state index contributed by atoms with van der Waals surface area (Å²) in [5, 5.41) is 2.57. The number of pyridine rings is 3. The Hall–Kier alpha value is -4.47. The highest BCUT2D eigenvalue weighted by molar-refractivity contribution is 6.05. The lowest BCUT2D eigenvalue weighted by Gasteiger charge is -2.16. The molecule has 0 atom stereocenters. The lowest BCUT2D eigenvalue weighted by Crippen LogP contribution is -2.28. The summed E-state index contributed by atoms with van der Waals surface area (Å²) in [5.41, 5.74) is 1.55. The summed E-state index contributed by atoms with van der Waals surface area (Å²) < 4.78 is 32.6. The summed E-state index contributed by atoms with van der Waals surface area (Å²) in [5.74, 6) is -0.546. The van der Waals surface area contributed by atoms with Crippen LogP contribution in [0.5, 0.6) is 23.0 Å². The maximum atomic E-state index is 14.9. The maximum absolute atomic E-state index is 14.9. The zero-order valence-corrected chi connectivity index (χ0v) is 19.8. The van der Waals surface area contributed by atoms with Gasteiger partial charge in [-0.05, 0) is 26.0 Å². The standard InChI is InChI=1S/C25H23FN4O5/c1-13-21(23(31)24(34-5)14(2)30(13)3)25(32)29-15-6-7-19(17(26)10-15)35-20-8-9-27-18-11-16(33-4)12-28-22(18)20/h6-12H,1-5H3,(H,29,32). The number of fused-ring (bicyclic) bond motifs is 1. The average molecular weight is 478 g/mol. The van der Waals surface area contributed by atoms with E-state index in [-0.39, 0.29) is 22.7 Å². The van der Waals surface area contributed by atoms with Crippen molar-refractivity contribution < 1.29 is 23.4 Å². The minimum Gasteiger partial charge on any atom is -0.495 e. The summed E-state index contributed by atoms with van der Waals surface area (Å²) in [4.78, 5) is 34.2. The van der Waals surface area contributed by atoms with Crippen LogP contribution in [0.4, 0.5) is 10.1 Å². The van der Waals surface area contributed by atoms with E-state index in [9.17, 15) is 14.0 Å². The second-order valence-corrected chi connectivity index (χ2v) is 7.72. The number of methoxy groups -OCH3 is 2. The van der Waals surface area contributed by atoms with Gasteiger partial charge in [0.25, 0.3) is 5.91 Å². The number of hydrogen-bond acceptors (Lipinski definition) is 7. The SMILES string of the molecule is COc1cnc2c(Oc3ccc(NC(=O)c4c(C)n(C)c(C)c(OC)c4=O)cc3F)ccnc2c1. The van der Waals surface area contributed by atoms with Gasteiger partial charge in [-0.1, -0.05) is 0 Å². The van der Waals surface area contributed by atoms with Gasteiger partial charge in [0.05, 0.1) is 31.6 Å². The first-order valence-electron chi connectivity index (χ1n) is 10.6. The van der Waals surface area contributed by atoms with Crippen molar-refractivity contribution in [2.24, 2.45) is 7.05 Å². The van der Waals surface area contributed by atoms with E-state index in [0.717, 1.165) is 6.07 Å². The number of nitrogens with one attached hydrogen (secondary N) is 1. The first-order chi connectivity index (χ1) is 16.7. The molecule has 3 heterocycles. The van der Waals surface area contributed by atoms with Gasteiger partial charge in [0.2, 0.25) is 5.43 Å². The van der Waals surface area contributed by atoms with Crippen LogP contribution in [0.25, 0.3) is 11.0 Å². The number of carbonyl (C=O) groups excluding carboxylic acids is 1. The number of halogens is 1. The number of benzene rings is 1. The molecule has 9 nitrogen and oxygen atoms in total. The van der Waals surface area contributed by atoms with E-state index in [4.69, 9.17) is 14.2 Å². The molecule has 0 aliphatic heterocycles. The quantitative estimate of drug-likeness (QED) is 0.444. The zero-order chi connectivity index (χ0) is 25.3. The van der Waals surface area contributed by atoms with Crippen LogP contribution in [0.3, 0.4) is 0 Å². The van der Waals surface area contributed by atoms with Crippen LogP contribution in [-0.4, -0.2) is 34.7 Å². The van der Waals surface area contributed by atoms with Gasteiger partial charge in [-0.3, -0.25) is 14.6 Å². The van der Waals surface area contributed by atoms with Crippen LogP contribution in [0, 0.1) is 19.7 Å². The maximum Gasteiger partial charge on any atom is 0.261 e. The van der Waals surface area contributed by atoms with E-state index in [1.165, 1.54) is 38.7 Å². The van der Waals surface area contributed by atoms with Crippen molar-refractivity contribution in [2.75, 3.05) is 19.5 Å². The number of anilines is 1. The topological polar surface area (TPSA) is 105 Å². The molecule has 1 N–H and O–H groups in total. The Balaban J connectivity index is 1.61. The van der Waals surface area contributed by atoms with Crippen LogP contribution in [0.1, 0.15) is 21.7 Å². The first-order valence-corrected chi connectivity index (χ1v) is 10.6. The Morgan fingerprint density at radius 1 is 1.03 bits per heavy atom. The second kappa shape index (κ2) is 9.41. The van der Waals surface area contributed by atoms with Gasteiger partial charge in [-0.25, -0.2) is 9.37 Å². The highest BCUT2D eigenvalue weighted by Crippen LogP contribution is 2.31. The fourth-order valence-electron chi connectivity index (χ4n) is 3.68. The number of carbonyl (C=O) groups is 1. The molecule has 35 heavy (non-hydrogen) atoms. The lowest BCUT2D eigenvalue weighted by molar-refractivity contribution is 0.102.